The van der Waals surface area contributed by atoms with Gasteiger partial charge in [0.1, 0.15) is 6.10 Å². The number of cyclic esters (lactones) is 1. The third kappa shape index (κ3) is 14.3. The monoisotopic (exact) mass is 606 g/mol. The zero-order chi connectivity index (χ0) is 30.7. The summed E-state index contributed by atoms with van der Waals surface area (Å²) in [5.41, 5.74) is 0.869. The number of carbonyl (C=O) groups is 1. The van der Waals surface area contributed by atoms with E-state index in [9.17, 15) is 15.0 Å². The highest BCUT2D eigenvalue weighted by atomic mass is 16.6. The lowest BCUT2D eigenvalue weighted by molar-refractivity contribution is -0.139. The molecule has 0 aromatic carbocycles. The standard InChI is InChI=1S/C37H66O6/c1-3-4-5-6-7-13-16-19-22-31(38)33-24-26-35(42-33)36-27-25-34(43-36)32(39)23-20-17-14-11-9-8-10-12-15-18-21-30-28-29(2)41-37(30)40/h28-29,31-36,38-39H,3-27H2,1-2H3/t29-,31+,32-,33-,34-,35-,36-/m0/s1. The van der Waals surface area contributed by atoms with Gasteiger partial charge in [0.05, 0.1) is 36.6 Å². The van der Waals surface area contributed by atoms with Gasteiger partial charge in [0.15, 0.2) is 0 Å². The van der Waals surface area contributed by atoms with Gasteiger partial charge in [-0.2, -0.15) is 0 Å². The fourth-order valence-electron chi connectivity index (χ4n) is 7.25. The van der Waals surface area contributed by atoms with E-state index in [0.717, 1.165) is 69.8 Å². The van der Waals surface area contributed by atoms with Gasteiger partial charge in [-0.25, -0.2) is 4.79 Å². The largest absolute Gasteiger partial charge is 0.455 e. The minimum absolute atomic E-state index is 0.0466. The summed E-state index contributed by atoms with van der Waals surface area (Å²) in [5, 5.41) is 21.4. The summed E-state index contributed by atoms with van der Waals surface area (Å²) in [6, 6.07) is 0. The van der Waals surface area contributed by atoms with Gasteiger partial charge in [-0.3, -0.25) is 0 Å². The maximum Gasteiger partial charge on any atom is 0.334 e. The maximum absolute atomic E-state index is 11.6. The quantitative estimate of drug-likeness (QED) is 0.0797. The fraction of sp³-hybridized carbons (Fsp3) is 0.919. The van der Waals surface area contributed by atoms with Crippen molar-refractivity contribution in [1.29, 1.82) is 0 Å². The number of hydrogen-bond donors (Lipinski definition) is 2. The van der Waals surface area contributed by atoms with Gasteiger partial charge in [-0.05, 0) is 64.4 Å². The molecule has 0 radical (unpaired) electrons. The molecule has 0 bridgehead atoms. The molecule has 250 valence electrons. The second-order valence-electron chi connectivity index (χ2n) is 13.9. The Balaban J connectivity index is 1.12. The van der Waals surface area contributed by atoms with Crippen molar-refractivity contribution in [3.05, 3.63) is 11.6 Å². The molecule has 43 heavy (non-hydrogen) atoms. The number of rotatable bonds is 25. The van der Waals surface area contributed by atoms with Crippen LogP contribution in [-0.4, -0.2) is 58.9 Å². The van der Waals surface area contributed by atoms with Gasteiger partial charge in [-0.1, -0.05) is 116 Å². The Bertz CT molecular complexity index is 768. The lowest BCUT2D eigenvalue weighted by Crippen LogP contribution is -2.33. The van der Waals surface area contributed by atoms with Crippen molar-refractivity contribution in [3.63, 3.8) is 0 Å². The SMILES string of the molecule is CCCCCCCCCC[C@@H](O)[C@@H]1CC[C@@H]([C@@H]2CC[C@@H]([C@@H](O)CCCCCCCCCCCCC3=C[C@H](C)OC3=O)O2)O1. The number of aliphatic hydroxyl groups excluding tert-OH is 2. The molecule has 3 heterocycles. The summed E-state index contributed by atoms with van der Waals surface area (Å²) in [5.74, 6) is -0.118. The van der Waals surface area contributed by atoms with Crippen LogP contribution in [-0.2, 0) is 19.0 Å². The Kier molecular flexibility index (Phi) is 18.5. The van der Waals surface area contributed by atoms with Crippen LogP contribution in [0, 0.1) is 0 Å². The molecule has 3 aliphatic rings. The number of esters is 1. The average Bonchev–Trinajstić information content (AvgIpc) is 3.75. The van der Waals surface area contributed by atoms with Crippen molar-refractivity contribution in [2.75, 3.05) is 0 Å². The van der Waals surface area contributed by atoms with Crippen molar-refractivity contribution < 1.29 is 29.2 Å². The molecule has 2 saturated heterocycles. The van der Waals surface area contributed by atoms with Crippen LogP contribution in [0.15, 0.2) is 11.6 Å². The predicted molar refractivity (Wildman–Crippen MR) is 174 cm³/mol. The van der Waals surface area contributed by atoms with Gasteiger partial charge in [-0.15, -0.1) is 0 Å². The van der Waals surface area contributed by atoms with Gasteiger partial charge in [0, 0.05) is 5.57 Å². The fourth-order valence-corrected chi connectivity index (χ4v) is 7.25. The van der Waals surface area contributed by atoms with E-state index in [1.54, 1.807) is 0 Å². The molecule has 7 atom stereocenters. The first-order valence-electron chi connectivity index (χ1n) is 18.6. The lowest BCUT2D eigenvalue weighted by atomic mass is 10.0. The van der Waals surface area contributed by atoms with Crippen LogP contribution in [0.1, 0.15) is 174 Å². The molecule has 0 spiro atoms. The normalized spacial score (nSPS) is 27.0. The molecule has 0 aromatic heterocycles. The number of hydrogen-bond acceptors (Lipinski definition) is 6. The number of carbonyl (C=O) groups excluding carboxylic acids is 1. The molecule has 0 amide bonds. The third-order valence-electron chi connectivity index (χ3n) is 9.98. The molecule has 0 saturated carbocycles. The van der Waals surface area contributed by atoms with E-state index < -0.39 is 0 Å². The Labute approximate surface area is 263 Å². The first-order chi connectivity index (χ1) is 21.0. The molecule has 0 aliphatic carbocycles. The van der Waals surface area contributed by atoms with Crippen molar-refractivity contribution in [1.82, 2.24) is 0 Å². The number of aliphatic hydroxyl groups is 2. The van der Waals surface area contributed by atoms with E-state index in [4.69, 9.17) is 14.2 Å². The summed E-state index contributed by atoms with van der Waals surface area (Å²) < 4.78 is 17.7. The Hall–Kier alpha value is -0.950. The molecular weight excluding hydrogens is 540 g/mol. The summed E-state index contributed by atoms with van der Waals surface area (Å²) in [6.07, 6.45) is 29.9. The Morgan fingerprint density at radius 3 is 1.49 bits per heavy atom. The topological polar surface area (TPSA) is 85.2 Å². The third-order valence-corrected chi connectivity index (χ3v) is 9.98. The van der Waals surface area contributed by atoms with Crippen LogP contribution in [0.3, 0.4) is 0 Å². The van der Waals surface area contributed by atoms with Gasteiger partial charge in [0.25, 0.3) is 0 Å². The van der Waals surface area contributed by atoms with Crippen LogP contribution in [0.5, 0.6) is 0 Å². The maximum atomic E-state index is 11.6. The molecular formula is C37H66O6. The minimum Gasteiger partial charge on any atom is -0.455 e. The highest BCUT2D eigenvalue weighted by Crippen LogP contribution is 2.34. The lowest BCUT2D eigenvalue weighted by Gasteiger charge is -2.24. The Morgan fingerprint density at radius 1 is 0.651 bits per heavy atom. The highest BCUT2D eigenvalue weighted by molar-refractivity contribution is 5.90. The molecule has 3 rings (SSSR count). The molecule has 3 aliphatic heterocycles. The average molecular weight is 607 g/mol. The van der Waals surface area contributed by atoms with Crippen molar-refractivity contribution in [2.24, 2.45) is 0 Å². The molecule has 0 unspecified atom stereocenters. The predicted octanol–water partition coefficient (Wildman–Crippen LogP) is 8.89. The van der Waals surface area contributed by atoms with Crippen LogP contribution < -0.4 is 0 Å². The first-order valence-corrected chi connectivity index (χ1v) is 18.6. The molecule has 2 fully saturated rings. The van der Waals surface area contributed by atoms with Gasteiger partial charge < -0.3 is 24.4 Å². The molecule has 2 N–H and O–H groups in total. The van der Waals surface area contributed by atoms with E-state index >= 15 is 0 Å². The summed E-state index contributed by atoms with van der Waals surface area (Å²) in [7, 11) is 0. The number of ether oxygens (including phenoxy) is 3. The zero-order valence-corrected chi connectivity index (χ0v) is 27.8. The molecule has 6 heteroatoms. The first kappa shape index (κ1) is 36.5. The second-order valence-corrected chi connectivity index (χ2v) is 13.9. The Morgan fingerprint density at radius 2 is 1.07 bits per heavy atom. The van der Waals surface area contributed by atoms with E-state index in [2.05, 4.69) is 6.92 Å². The zero-order valence-electron chi connectivity index (χ0n) is 27.8. The number of unbranched alkanes of at least 4 members (excludes halogenated alkanes) is 16. The van der Waals surface area contributed by atoms with Crippen LogP contribution in [0.4, 0.5) is 0 Å². The van der Waals surface area contributed by atoms with Crippen molar-refractivity contribution in [2.45, 2.75) is 217 Å². The van der Waals surface area contributed by atoms with Crippen LogP contribution in [0.25, 0.3) is 0 Å². The summed E-state index contributed by atoms with van der Waals surface area (Å²) >= 11 is 0. The van der Waals surface area contributed by atoms with Gasteiger partial charge >= 0.3 is 5.97 Å². The van der Waals surface area contributed by atoms with Crippen LogP contribution in [0.2, 0.25) is 0 Å². The molecule has 6 nitrogen and oxygen atoms in total. The molecule has 0 aromatic rings. The van der Waals surface area contributed by atoms with E-state index in [-0.39, 0.29) is 48.7 Å². The second kappa shape index (κ2) is 21.7. The minimum atomic E-state index is -0.375. The summed E-state index contributed by atoms with van der Waals surface area (Å²) in [4.78, 5) is 11.6. The smallest absolute Gasteiger partial charge is 0.334 e. The van der Waals surface area contributed by atoms with Crippen LogP contribution >= 0.6 is 0 Å². The highest BCUT2D eigenvalue weighted by Gasteiger charge is 2.40. The van der Waals surface area contributed by atoms with E-state index in [1.807, 2.05) is 13.0 Å². The van der Waals surface area contributed by atoms with Crippen molar-refractivity contribution >= 4 is 5.97 Å². The van der Waals surface area contributed by atoms with Gasteiger partial charge in [0.2, 0.25) is 0 Å². The van der Waals surface area contributed by atoms with E-state index in [0.29, 0.717) is 0 Å². The van der Waals surface area contributed by atoms with Crippen molar-refractivity contribution in [3.8, 4) is 0 Å². The summed E-state index contributed by atoms with van der Waals surface area (Å²) in [6.45, 7) is 4.17. The van der Waals surface area contributed by atoms with E-state index in [1.165, 1.54) is 96.3 Å².